The van der Waals surface area contributed by atoms with Gasteiger partial charge in [-0.2, -0.15) is 0 Å². The number of rotatable bonds is 12. The van der Waals surface area contributed by atoms with Crippen LogP contribution in [0.3, 0.4) is 0 Å². The molecule has 0 spiro atoms. The summed E-state index contributed by atoms with van der Waals surface area (Å²) in [5.41, 5.74) is 29.8. The van der Waals surface area contributed by atoms with Crippen LogP contribution in [0.1, 0.15) is 36.5 Å². The number of benzene rings is 3. The number of hydrogen-bond acceptors (Lipinski definition) is 12. The third-order valence-electron chi connectivity index (χ3n) is 7.28. The van der Waals surface area contributed by atoms with Crippen LogP contribution in [-0.2, 0) is 27.6 Å². The number of halogens is 1. The van der Waals surface area contributed by atoms with Gasteiger partial charge in [-0.15, -0.1) is 10.2 Å². The Balaban J connectivity index is 0.000000271. The van der Waals surface area contributed by atoms with Crippen LogP contribution in [-0.4, -0.2) is 36.7 Å². The van der Waals surface area contributed by atoms with E-state index in [9.17, 15) is 17.9 Å². The minimum Gasteiger partial charge on any atom is -0.384 e. The fourth-order valence-electron chi connectivity index (χ4n) is 4.99. The molecule has 0 radical (unpaired) electrons. The average Bonchev–Trinajstić information content (AvgIpc) is 3.09. The topological polar surface area (TPSA) is 324 Å². The number of amidine groups is 2. The van der Waals surface area contributed by atoms with Gasteiger partial charge in [-0.25, -0.2) is 50.8 Å². The van der Waals surface area contributed by atoms with E-state index in [4.69, 9.17) is 44.9 Å². The van der Waals surface area contributed by atoms with Crippen molar-refractivity contribution in [2.45, 2.75) is 35.2 Å². The summed E-state index contributed by atoms with van der Waals surface area (Å²) in [7, 11) is -3.58. The molecule has 19 heteroatoms. The summed E-state index contributed by atoms with van der Waals surface area (Å²) in [4.78, 5) is 4.32. The second-order valence-electron chi connectivity index (χ2n) is 10.4. The summed E-state index contributed by atoms with van der Waals surface area (Å²) >= 11 is 0. The molecule has 0 aliphatic rings. The van der Waals surface area contributed by atoms with Crippen LogP contribution in [0.5, 0.6) is 0 Å². The molecule has 16 nitrogen and oxygen atoms in total. The number of aliphatic hydroxyl groups is 1. The van der Waals surface area contributed by atoms with Gasteiger partial charge in [0.1, 0.15) is 27.6 Å². The van der Waals surface area contributed by atoms with Crippen molar-refractivity contribution in [1.82, 2.24) is 16.1 Å². The second kappa shape index (κ2) is 17.5. The Bertz CT molecular complexity index is 1880. The van der Waals surface area contributed by atoms with Gasteiger partial charge in [-0.3, -0.25) is 0 Å². The SMILES string of the molecule is CCCC(O)(CN)c1ccc(-c2cccc(S(N)=O)c2/C(N)=N/NN)cc1.NN/N=C(\N)c1c(-c2cnc(N)c(F)c2)cccc1S(N)=O. The molecular weight excluding hydrogens is 674 g/mol. The van der Waals surface area contributed by atoms with Gasteiger partial charge in [0, 0.05) is 29.4 Å². The number of nitrogens with one attached hydrogen (secondary N) is 2. The molecule has 4 aromatic rings. The van der Waals surface area contributed by atoms with Crippen LogP contribution in [0.25, 0.3) is 22.3 Å². The molecular formula is C30H40FN13O3S2. The number of hydrazone groups is 2. The lowest BCUT2D eigenvalue weighted by Gasteiger charge is -2.27. The summed E-state index contributed by atoms with van der Waals surface area (Å²) < 4.78 is 37.3. The predicted octanol–water partition coefficient (Wildman–Crippen LogP) is -0.100. The predicted molar refractivity (Wildman–Crippen MR) is 191 cm³/mol. The fraction of sp³-hybridized carbons (Fsp3) is 0.167. The molecule has 0 saturated heterocycles. The number of nitrogens with zero attached hydrogens (tertiary/aromatic N) is 3. The largest absolute Gasteiger partial charge is 0.384 e. The number of pyridine rings is 1. The van der Waals surface area contributed by atoms with Crippen molar-refractivity contribution in [1.29, 1.82) is 0 Å². The summed E-state index contributed by atoms with van der Waals surface area (Å²) in [6.45, 7) is 2.13. The molecule has 49 heavy (non-hydrogen) atoms. The van der Waals surface area contributed by atoms with Crippen LogP contribution in [0, 0.1) is 5.82 Å². The molecule has 19 N–H and O–H groups in total. The Labute approximate surface area is 287 Å². The molecule has 0 saturated carbocycles. The van der Waals surface area contributed by atoms with Crippen molar-refractivity contribution >= 4 is 39.5 Å². The van der Waals surface area contributed by atoms with Gasteiger partial charge in [-0.1, -0.05) is 61.9 Å². The smallest absolute Gasteiger partial charge is 0.165 e. The number of nitrogens with two attached hydrogens (primary N) is 8. The Morgan fingerprint density at radius 1 is 0.878 bits per heavy atom. The van der Waals surface area contributed by atoms with Gasteiger partial charge < -0.3 is 28.0 Å². The molecule has 1 heterocycles. The summed E-state index contributed by atoms with van der Waals surface area (Å²) in [6.07, 6.45) is 2.74. The van der Waals surface area contributed by atoms with Crippen LogP contribution in [0.4, 0.5) is 10.2 Å². The van der Waals surface area contributed by atoms with E-state index < -0.39 is 33.4 Å². The minimum atomic E-state index is -1.83. The van der Waals surface area contributed by atoms with Crippen LogP contribution in [0.2, 0.25) is 0 Å². The van der Waals surface area contributed by atoms with Gasteiger partial charge in [-0.05, 0) is 46.9 Å². The number of anilines is 1. The number of hydrogen-bond donors (Lipinski definition) is 11. The minimum absolute atomic E-state index is 0.0517. The molecule has 0 aliphatic heterocycles. The van der Waals surface area contributed by atoms with E-state index in [-0.39, 0.29) is 34.5 Å². The second-order valence-corrected chi connectivity index (χ2v) is 12.4. The van der Waals surface area contributed by atoms with E-state index in [1.165, 1.54) is 18.3 Å². The molecule has 1 aromatic heterocycles. The van der Waals surface area contributed by atoms with E-state index in [2.05, 4.69) is 20.7 Å². The molecule has 3 aromatic carbocycles. The van der Waals surface area contributed by atoms with E-state index in [1.54, 1.807) is 24.3 Å². The normalized spacial score (nSPS) is 14.2. The Hall–Kier alpha value is -4.86. The average molecular weight is 714 g/mol. The van der Waals surface area contributed by atoms with Crippen LogP contribution >= 0.6 is 0 Å². The molecule has 3 atom stereocenters. The Morgan fingerprint density at radius 2 is 1.37 bits per heavy atom. The van der Waals surface area contributed by atoms with Crippen molar-refractivity contribution in [3.63, 3.8) is 0 Å². The summed E-state index contributed by atoms with van der Waals surface area (Å²) in [5, 5.41) is 29.2. The number of aromatic nitrogens is 1. The van der Waals surface area contributed by atoms with Crippen molar-refractivity contribution in [2.24, 2.45) is 49.4 Å². The number of hydrazine groups is 2. The first kappa shape index (κ1) is 38.6. The van der Waals surface area contributed by atoms with Crippen molar-refractivity contribution in [2.75, 3.05) is 12.3 Å². The monoisotopic (exact) mass is 713 g/mol. The fourth-order valence-corrected chi connectivity index (χ4v) is 6.25. The van der Waals surface area contributed by atoms with Gasteiger partial charge in [0.05, 0.1) is 9.79 Å². The Kier molecular flexibility index (Phi) is 13.8. The van der Waals surface area contributed by atoms with E-state index in [0.29, 0.717) is 33.6 Å². The molecule has 0 amide bonds. The zero-order chi connectivity index (χ0) is 36.3. The highest BCUT2D eigenvalue weighted by Crippen LogP contribution is 2.32. The molecule has 0 aliphatic carbocycles. The van der Waals surface area contributed by atoms with E-state index in [0.717, 1.165) is 17.5 Å². The zero-order valence-corrected chi connectivity index (χ0v) is 28.1. The molecule has 3 unspecified atom stereocenters. The molecule has 4 rings (SSSR count). The summed E-state index contributed by atoms with van der Waals surface area (Å²) in [6, 6.07) is 18.5. The summed E-state index contributed by atoms with van der Waals surface area (Å²) in [5.74, 6) is 9.44. The van der Waals surface area contributed by atoms with Crippen molar-refractivity contribution in [3.8, 4) is 22.3 Å². The van der Waals surface area contributed by atoms with E-state index in [1.807, 2.05) is 42.8 Å². The van der Waals surface area contributed by atoms with Gasteiger partial charge in [0.2, 0.25) is 0 Å². The first-order valence-electron chi connectivity index (χ1n) is 14.4. The molecule has 0 fully saturated rings. The third kappa shape index (κ3) is 9.19. The lowest BCUT2D eigenvalue weighted by molar-refractivity contribution is 0.0359. The van der Waals surface area contributed by atoms with Gasteiger partial charge in [0.25, 0.3) is 0 Å². The number of nitrogen functional groups attached to an aromatic ring is 1. The first-order valence-corrected chi connectivity index (χ1v) is 16.9. The van der Waals surface area contributed by atoms with E-state index >= 15 is 0 Å². The van der Waals surface area contributed by atoms with Crippen LogP contribution < -0.4 is 56.0 Å². The quantitative estimate of drug-likeness (QED) is 0.0397. The maximum atomic E-state index is 13.6. The lowest BCUT2D eigenvalue weighted by atomic mass is 9.88. The van der Waals surface area contributed by atoms with Gasteiger partial charge in [0.15, 0.2) is 23.3 Å². The standard InChI is InChI=1S/C18H26N6O2S.C12H14FN7OS/c1-2-10-18(25,11-19)13-8-6-12(7-9-13)14-4-3-5-15(27(22)26)16(14)17(20)23-24-21;13-8-4-6(5-18-11(8)14)7-2-1-3-9(22(17)21)10(7)12(15)19-20-16/h3-9,24-25H,2,10-11,19,21-22H2,1H3,(H2,20,23);1-5,20H,16-17H2,(H2,14,18)(H2,15,19). The lowest BCUT2D eigenvalue weighted by Crippen LogP contribution is -2.34. The van der Waals surface area contributed by atoms with Crippen molar-refractivity contribution in [3.05, 3.63) is 95.4 Å². The van der Waals surface area contributed by atoms with Crippen LogP contribution in [0.15, 0.2) is 92.9 Å². The highest BCUT2D eigenvalue weighted by Gasteiger charge is 2.27. The highest BCUT2D eigenvalue weighted by molar-refractivity contribution is 7.83. The van der Waals surface area contributed by atoms with Crippen molar-refractivity contribution < 1.29 is 17.9 Å². The first-order chi connectivity index (χ1) is 23.3. The maximum absolute atomic E-state index is 13.6. The Morgan fingerprint density at radius 3 is 1.78 bits per heavy atom. The molecule has 262 valence electrons. The maximum Gasteiger partial charge on any atom is 0.165 e. The zero-order valence-electron chi connectivity index (χ0n) is 26.5. The van der Waals surface area contributed by atoms with Gasteiger partial charge >= 0.3 is 0 Å². The third-order valence-corrected chi connectivity index (χ3v) is 8.83. The highest BCUT2D eigenvalue weighted by atomic mass is 32.2. The molecule has 0 bridgehead atoms.